The summed E-state index contributed by atoms with van der Waals surface area (Å²) in [5.74, 6) is 0.664. The molecule has 136 valence electrons. The number of nitriles is 1. The molecule has 0 aliphatic heterocycles. The SMILES string of the molecule is CCn1c(S[C@H](C)C(=O)Nc2ccc(C#N)cc2)nnc1-c1ccccc1. The molecule has 0 unspecified atom stereocenters. The van der Waals surface area contributed by atoms with Gasteiger partial charge in [-0.15, -0.1) is 10.2 Å². The van der Waals surface area contributed by atoms with Crippen molar-refractivity contribution in [3.8, 4) is 17.5 Å². The molecule has 0 bridgehead atoms. The predicted molar refractivity (Wildman–Crippen MR) is 106 cm³/mol. The quantitative estimate of drug-likeness (QED) is 0.658. The van der Waals surface area contributed by atoms with Gasteiger partial charge in [-0.2, -0.15) is 5.26 Å². The zero-order chi connectivity index (χ0) is 19.2. The molecule has 0 aliphatic carbocycles. The number of aromatic nitrogens is 3. The first-order chi connectivity index (χ1) is 13.1. The highest BCUT2D eigenvalue weighted by Crippen LogP contribution is 2.27. The second-order valence-corrected chi connectivity index (χ2v) is 7.16. The largest absolute Gasteiger partial charge is 0.325 e. The molecule has 2 aromatic carbocycles. The third kappa shape index (κ3) is 4.36. The lowest BCUT2D eigenvalue weighted by molar-refractivity contribution is -0.115. The second kappa shape index (κ2) is 8.52. The Balaban J connectivity index is 1.71. The van der Waals surface area contributed by atoms with E-state index < -0.39 is 0 Å². The Morgan fingerprint density at radius 3 is 2.52 bits per heavy atom. The zero-order valence-electron chi connectivity index (χ0n) is 15.1. The Labute approximate surface area is 162 Å². The van der Waals surface area contributed by atoms with Crippen molar-refractivity contribution in [2.75, 3.05) is 5.32 Å². The molecule has 3 rings (SSSR count). The first kappa shape index (κ1) is 18.7. The second-order valence-electron chi connectivity index (χ2n) is 5.85. The van der Waals surface area contributed by atoms with E-state index in [-0.39, 0.29) is 11.2 Å². The normalized spacial score (nSPS) is 11.6. The fourth-order valence-electron chi connectivity index (χ4n) is 2.55. The molecule has 0 aliphatic rings. The number of carbonyl (C=O) groups excluding carboxylic acids is 1. The van der Waals surface area contributed by atoms with Gasteiger partial charge in [-0.05, 0) is 38.1 Å². The third-order valence-electron chi connectivity index (χ3n) is 4.00. The van der Waals surface area contributed by atoms with E-state index in [2.05, 4.69) is 21.6 Å². The summed E-state index contributed by atoms with van der Waals surface area (Å²) in [5.41, 5.74) is 2.21. The highest BCUT2D eigenvalue weighted by atomic mass is 32.2. The number of hydrogen-bond acceptors (Lipinski definition) is 5. The van der Waals surface area contributed by atoms with Crippen LogP contribution < -0.4 is 5.32 Å². The van der Waals surface area contributed by atoms with Gasteiger partial charge in [-0.1, -0.05) is 42.1 Å². The third-order valence-corrected chi connectivity index (χ3v) is 5.08. The first-order valence-corrected chi connectivity index (χ1v) is 9.46. The van der Waals surface area contributed by atoms with Crippen LogP contribution in [0.25, 0.3) is 11.4 Å². The van der Waals surface area contributed by atoms with Crippen LogP contribution in [0.15, 0.2) is 59.8 Å². The summed E-state index contributed by atoms with van der Waals surface area (Å²) in [6.45, 7) is 4.57. The van der Waals surface area contributed by atoms with Gasteiger partial charge in [0, 0.05) is 17.8 Å². The minimum absolute atomic E-state index is 0.128. The van der Waals surface area contributed by atoms with Gasteiger partial charge in [0.15, 0.2) is 11.0 Å². The van der Waals surface area contributed by atoms with Crippen LogP contribution in [0.4, 0.5) is 5.69 Å². The number of hydrogen-bond donors (Lipinski definition) is 1. The maximum Gasteiger partial charge on any atom is 0.237 e. The molecule has 7 heteroatoms. The smallest absolute Gasteiger partial charge is 0.237 e. The first-order valence-electron chi connectivity index (χ1n) is 8.58. The lowest BCUT2D eigenvalue weighted by atomic mass is 10.2. The number of rotatable bonds is 6. The minimum Gasteiger partial charge on any atom is -0.325 e. The Morgan fingerprint density at radius 2 is 1.89 bits per heavy atom. The van der Waals surface area contributed by atoms with Crippen LogP contribution in [0.2, 0.25) is 0 Å². The van der Waals surface area contributed by atoms with E-state index in [9.17, 15) is 4.79 Å². The van der Waals surface area contributed by atoms with Crippen molar-refractivity contribution in [1.82, 2.24) is 14.8 Å². The molecular formula is C20H19N5OS. The van der Waals surface area contributed by atoms with Crippen molar-refractivity contribution in [2.24, 2.45) is 0 Å². The van der Waals surface area contributed by atoms with E-state index in [1.54, 1.807) is 24.3 Å². The van der Waals surface area contributed by atoms with Gasteiger partial charge in [0.1, 0.15) is 0 Å². The molecule has 27 heavy (non-hydrogen) atoms. The fraction of sp³-hybridized carbons (Fsp3) is 0.200. The van der Waals surface area contributed by atoms with Crippen molar-refractivity contribution in [1.29, 1.82) is 5.26 Å². The van der Waals surface area contributed by atoms with Crippen LogP contribution in [0, 0.1) is 11.3 Å². The predicted octanol–water partition coefficient (Wildman–Crippen LogP) is 3.96. The maximum absolute atomic E-state index is 12.5. The van der Waals surface area contributed by atoms with Crippen LogP contribution in [-0.4, -0.2) is 25.9 Å². The van der Waals surface area contributed by atoms with Gasteiger partial charge in [0.05, 0.1) is 16.9 Å². The van der Waals surface area contributed by atoms with Crippen LogP contribution in [-0.2, 0) is 11.3 Å². The van der Waals surface area contributed by atoms with E-state index in [0.717, 1.165) is 11.4 Å². The standard InChI is InChI=1S/C20H19N5OS/c1-3-25-18(16-7-5-4-6-8-16)23-24-20(25)27-14(2)19(26)22-17-11-9-15(13-21)10-12-17/h4-12,14H,3H2,1-2H3,(H,22,26)/t14-/m1/s1. The maximum atomic E-state index is 12.5. The summed E-state index contributed by atoms with van der Waals surface area (Å²) in [4.78, 5) is 12.5. The molecule has 6 nitrogen and oxygen atoms in total. The molecule has 3 aromatic rings. The summed E-state index contributed by atoms with van der Waals surface area (Å²) >= 11 is 1.37. The number of thioether (sulfide) groups is 1. The van der Waals surface area contributed by atoms with Crippen LogP contribution in [0.3, 0.4) is 0 Å². The number of amides is 1. The molecule has 1 heterocycles. The monoisotopic (exact) mass is 377 g/mol. The van der Waals surface area contributed by atoms with Gasteiger partial charge < -0.3 is 9.88 Å². The van der Waals surface area contributed by atoms with Crippen LogP contribution in [0.5, 0.6) is 0 Å². The summed E-state index contributed by atoms with van der Waals surface area (Å²) < 4.78 is 2.01. The number of nitrogens with one attached hydrogen (secondary N) is 1. The number of anilines is 1. The lowest BCUT2D eigenvalue weighted by Crippen LogP contribution is -2.22. The minimum atomic E-state index is -0.348. The van der Waals surface area contributed by atoms with E-state index in [1.807, 2.05) is 48.7 Å². The summed E-state index contributed by atoms with van der Waals surface area (Å²) in [7, 11) is 0. The molecular weight excluding hydrogens is 358 g/mol. The molecule has 1 atom stereocenters. The lowest BCUT2D eigenvalue weighted by Gasteiger charge is -2.13. The molecule has 1 aromatic heterocycles. The van der Waals surface area contributed by atoms with E-state index in [0.29, 0.717) is 23.0 Å². The van der Waals surface area contributed by atoms with Crippen molar-refractivity contribution in [3.05, 3.63) is 60.2 Å². The Hall–Kier alpha value is -3.11. The summed E-state index contributed by atoms with van der Waals surface area (Å²) in [6, 6.07) is 18.7. The van der Waals surface area contributed by atoms with Crippen LogP contribution >= 0.6 is 11.8 Å². The van der Waals surface area contributed by atoms with Crippen LogP contribution in [0.1, 0.15) is 19.4 Å². The zero-order valence-corrected chi connectivity index (χ0v) is 15.9. The average Bonchev–Trinajstić information content (AvgIpc) is 3.11. The Morgan fingerprint density at radius 1 is 1.19 bits per heavy atom. The van der Waals surface area contributed by atoms with Gasteiger partial charge >= 0.3 is 0 Å². The molecule has 0 radical (unpaired) electrons. The van der Waals surface area contributed by atoms with Gasteiger partial charge in [-0.3, -0.25) is 4.79 Å². The van der Waals surface area contributed by atoms with Crippen molar-refractivity contribution in [3.63, 3.8) is 0 Å². The molecule has 1 amide bonds. The fourth-order valence-corrected chi connectivity index (χ4v) is 3.46. The summed E-state index contributed by atoms with van der Waals surface area (Å²) in [5, 5.41) is 20.6. The Kier molecular flexibility index (Phi) is 5.89. The van der Waals surface area contributed by atoms with E-state index in [1.165, 1.54) is 11.8 Å². The molecule has 0 spiro atoms. The number of benzene rings is 2. The number of carbonyl (C=O) groups is 1. The van der Waals surface area contributed by atoms with Crippen molar-refractivity contribution >= 4 is 23.4 Å². The van der Waals surface area contributed by atoms with Gasteiger partial charge in [0.25, 0.3) is 0 Å². The van der Waals surface area contributed by atoms with Gasteiger partial charge in [-0.25, -0.2) is 0 Å². The molecule has 1 N–H and O–H groups in total. The average molecular weight is 377 g/mol. The van der Waals surface area contributed by atoms with Gasteiger partial charge in [0.2, 0.25) is 5.91 Å². The highest BCUT2D eigenvalue weighted by molar-refractivity contribution is 8.00. The van der Waals surface area contributed by atoms with Crippen molar-refractivity contribution < 1.29 is 4.79 Å². The van der Waals surface area contributed by atoms with E-state index in [4.69, 9.17) is 5.26 Å². The van der Waals surface area contributed by atoms with Crippen molar-refractivity contribution in [2.45, 2.75) is 30.8 Å². The Bertz CT molecular complexity index is 960. The highest BCUT2D eigenvalue weighted by Gasteiger charge is 2.20. The van der Waals surface area contributed by atoms with E-state index >= 15 is 0 Å². The summed E-state index contributed by atoms with van der Waals surface area (Å²) in [6.07, 6.45) is 0. The number of nitrogens with zero attached hydrogens (tertiary/aromatic N) is 4. The molecule has 0 saturated heterocycles. The molecule has 0 fully saturated rings. The topological polar surface area (TPSA) is 83.6 Å². The molecule has 0 saturated carbocycles.